The molecule has 1 aromatic rings. The van der Waals surface area contributed by atoms with Gasteiger partial charge in [0.2, 0.25) is 0 Å². The molecule has 2 saturated heterocycles. The van der Waals surface area contributed by atoms with Gasteiger partial charge in [-0.3, -0.25) is 14.6 Å². The van der Waals surface area contributed by atoms with E-state index in [4.69, 9.17) is 0 Å². The Balaban J connectivity index is 1.76. The van der Waals surface area contributed by atoms with Crippen molar-refractivity contribution < 1.29 is 9.59 Å². The molecule has 0 saturated carbocycles. The number of amides is 3. The van der Waals surface area contributed by atoms with Crippen LogP contribution in [0.5, 0.6) is 0 Å². The van der Waals surface area contributed by atoms with Crippen LogP contribution >= 0.6 is 0 Å². The van der Waals surface area contributed by atoms with Crippen LogP contribution < -0.4 is 4.90 Å². The van der Waals surface area contributed by atoms with Gasteiger partial charge in [0.15, 0.2) is 0 Å². The molecule has 2 aliphatic rings. The van der Waals surface area contributed by atoms with Gasteiger partial charge in [-0.1, -0.05) is 24.6 Å². The number of hydrogen-bond acceptors (Lipinski definition) is 3. The van der Waals surface area contributed by atoms with Crippen molar-refractivity contribution in [2.24, 2.45) is 5.92 Å². The second-order valence-corrected chi connectivity index (χ2v) is 6.90. The van der Waals surface area contributed by atoms with E-state index >= 15 is 0 Å². The van der Waals surface area contributed by atoms with Gasteiger partial charge in [0.1, 0.15) is 6.04 Å². The molecule has 0 aliphatic carbocycles. The molecule has 0 bridgehead atoms. The molecular weight excluding hydrogens is 290 g/mol. The van der Waals surface area contributed by atoms with Gasteiger partial charge >= 0.3 is 6.03 Å². The third-order valence-corrected chi connectivity index (χ3v) is 4.84. The van der Waals surface area contributed by atoms with Crippen molar-refractivity contribution in [2.45, 2.75) is 39.7 Å². The molecule has 23 heavy (non-hydrogen) atoms. The van der Waals surface area contributed by atoms with Crippen molar-refractivity contribution in [3.63, 3.8) is 0 Å². The molecule has 0 N–H and O–H groups in total. The van der Waals surface area contributed by atoms with Crippen molar-refractivity contribution >= 4 is 17.6 Å². The molecule has 124 valence electrons. The second-order valence-electron chi connectivity index (χ2n) is 6.90. The maximum absolute atomic E-state index is 12.8. The summed E-state index contributed by atoms with van der Waals surface area (Å²) < 4.78 is 0. The molecule has 2 atom stereocenters. The Hall–Kier alpha value is -1.88. The predicted molar refractivity (Wildman–Crippen MR) is 90.2 cm³/mol. The number of urea groups is 1. The van der Waals surface area contributed by atoms with Crippen LogP contribution in [0.15, 0.2) is 24.3 Å². The third-order valence-electron chi connectivity index (χ3n) is 4.84. The largest absolute Gasteiger partial charge is 0.333 e. The van der Waals surface area contributed by atoms with E-state index in [1.807, 2.05) is 31.2 Å². The lowest BCUT2D eigenvalue weighted by molar-refractivity contribution is -0.128. The van der Waals surface area contributed by atoms with Gasteiger partial charge in [-0.2, -0.15) is 0 Å². The van der Waals surface area contributed by atoms with E-state index in [9.17, 15) is 9.59 Å². The van der Waals surface area contributed by atoms with Crippen LogP contribution in [0.25, 0.3) is 0 Å². The van der Waals surface area contributed by atoms with Crippen LogP contribution in [-0.4, -0.2) is 47.5 Å². The average molecular weight is 315 g/mol. The van der Waals surface area contributed by atoms with Crippen molar-refractivity contribution in [1.82, 2.24) is 9.80 Å². The normalized spacial score (nSPS) is 26.2. The minimum Gasteiger partial charge on any atom is -0.285 e. The monoisotopic (exact) mass is 315 g/mol. The zero-order chi connectivity index (χ0) is 16.6. The maximum atomic E-state index is 12.8. The van der Waals surface area contributed by atoms with Crippen molar-refractivity contribution in [2.75, 3.05) is 24.7 Å². The van der Waals surface area contributed by atoms with E-state index < -0.39 is 6.04 Å². The highest BCUT2D eigenvalue weighted by molar-refractivity contribution is 6.14. The predicted octanol–water partition coefficient (Wildman–Crippen LogP) is 2.84. The molecule has 3 amide bonds. The summed E-state index contributed by atoms with van der Waals surface area (Å²) in [5.74, 6) is 0.524. The lowest BCUT2D eigenvalue weighted by Gasteiger charge is -2.32. The summed E-state index contributed by atoms with van der Waals surface area (Å²) in [7, 11) is 0. The minimum absolute atomic E-state index is 0.103. The number of nitrogens with zero attached hydrogens (tertiary/aromatic N) is 3. The minimum atomic E-state index is -0.438. The smallest absolute Gasteiger partial charge is 0.285 e. The van der Waals surface area contributed by atoms with E-state index in [0.717, 1.165) is 30.8 Å². The molecule has 0 spiro atoms. The van der Waals surface area contributed by atoms with Gasteiger partial charge in [0, 0.05) is 12.2 Å². The topological polar surface area (TPSA) is 43.9 Å². The van der Waals surface area contributed by atoms with Gasteiger partial charge in [-0.15, -0.1) is 0 Å². The third kappa shape index (κ3) is 3.11. The molecule has 1 aromatic carbocycles. The van der Waals surface area contributed by atoms with Crippen LogP contribution in [0.3, 0.4) is 0 Å². The number of likely N-dealkylation sites (tertiary alicyclic amines) is 1. The Morgan fingerprint density at radius 2 is 1.83 bits per heavy atom. The van der Waals surface area contributed by atoms with Crippen molar-refractivity contribution in [1.29, 1.82) is 0 Å². The van der Waals surface area contributed by atoms with Gasteiger partial charge in [-0.05, 0) is 51.3 Å². The van der Waals surface area contributed by atoms with E-state index in [1.165, 1.54) is 11.3 Å². The summed E-state index contributed by atoms with van der Waals surface area (Å²) >= 11 is 0. The SMILES string of the molecule is Cc1ccc(N2C(=O)N(CN3CCC[C@@H](C)C3)C(=O)[C@@H]2C)cc1. The zero-order valence-corrected chi connectivity index (χ0v) is 14.2. The average Bonchev–Trinajstić information content (AvgIpc) is 2.73. The first-order chi connectivity index (χ1) is 11.0. The number of imide groups is 1. The van der Waals surface area contributed by atoms with E-state index in [0.29, 0.717) is 12.6 Å². The standard InChI is InChI=1S/C18H25N3O2/c1-13-6-8-16(9-7-13)21-15(3)17(22)20(18(21)23)12-19-10-4-5-14(2)11-19/h6-9,14-15H,4-5,10-12H2,1-3H3/t14-,15+/m1/s1. The molecule has 2 fully saturated rings. The Morgan fingerprint density at radius 1 is 1.13 bits per heavy atom. The summed E-state index contributed by atoms with van der Waals surface area (Å²) in [6.45, 7) is 8.36. The highest BCUT2D eigenvalue weighted by Crippen LogP contribution is 2.27. The molecule has 2 aliphatic heterocycles. The lowest BCUT2D eigenvalue weighted by atomic mass is 10.0. The number of benzene rings is 1. The number of carbonyl (C=O) groups excluding carboxylic acids is 2. The van der Waals surface area contributed by atoms with E-state index in [1.54, 1.807) is 11.8 Å². The van der Waals surface area contributed by atoms with Crippen LogP contribution in [0, 0.1) is 12.8 Å². The zero-order valence-electron chi connectivity index (χ0n) is 14.2. The summed E-state index contributed by atoms with van der Waals surface area (Å²) in [4.78, 5) is 30.6. The quantitative estimate of drug-likeness (QED) is 0.806. The Labute approximate surface area is 137 Å². The highest BCUT2D eigenvalue weighted by Gasteiger charge is 2.43. The fraction of sp³-hybridized carbons (Fsp3) is 0.556. The van der Waals surface area contributed by atoms with Crippen molar-refractivity contribution in [3.05, 3.63) is 29.8 Å². The molecule has 0 radical (unpaired) electrons. The lowest BCUT2D eigenvalue weighted by Crippen LogP contribution is -2.45. The summed E-state index contributed by atoms with van der Waals surface area (Å²) in [5.41, 5.74) is 1.93. The molecule has 3 rings (SSSR count). The first-order valence-electron chi connectivity index (χ1n) is 8.41. The molecule has 5 heteroatoms. The molecule has 5 nitrogen and oxygen atoms in total. The number of rotatable bonds is 3. The van der Waals surface area contributed by atoms with Crippen LogP contribution in [-0.2, 0) is 4.79 Å². The first kappa shape index (κ1) is 16.0. The molecule has 0 aromatic heterocycles. The van der Waals surface area contributed by atoms with Gasteiger partial charge in [0.25, 0.3) is 5.91 Å². The van der Waals surface area contributed by atoms with Gasteiger partial charge < -0.3 is 0 Å². The Morgan fingerprint density at radius 3 is 2.48 bits per heavy atom. The molecule has 2 heterocycles. The number of piperidine rings is 1. The second kappa shape index (κ2) is 6.32. The summed E-state index contributed by atoms with van der Waals surface area (Å²) in [6.07, 6.45) is 2.36. The van der Waals surface area contributed by atoms with Gasteiger partial charge in [0.05, 0.1) is 6.67 Å². The van der Waals surface area contributed by atoms with E-state index in [2.05, 4.69) is 11.8 Å². The number of aryl methyl sites for hydroxylation is 1. The first-order valence-corrected chi connectivity index (χ1v) is 8.41. The Kier molecular flexibility index (Phi) is 4.39. The summed E-state index contributed by atoms with van der Waals surface area (Å²) in [5, 5.41) is 0. The maximum Gasteiger partial charge on any atom is 0.333 e. The number of anilines is 1. The van der Waals surface area contributed by atoms with Gasteiger partial charge in [-0.25, -0.2) is 9.69 Å². The molecular formula is C18H25N3O2. The van der Waals surface area contributed by atoms with Crippen LogP contribution in [0.1, 0.15) is 32.3 Å². The fourth-order valence-electron chi connectivity index (χ4n) is 3.51. The van der Waals surface area contributed by atoms with Crippen LogP contribution in [0.2, 0.25) is 0 Å². The Bertz CT molecular complexity index is 599. The number of hydrogen-bond donors (Lipinski definition) is 0. The van der Waals surface area contributed by atoms with Crippen LogP contribution in [0.4, 0.5) is 10.5 Å². The molecule has 0 unspecified atom stereocenters. The summed E-state index contributed by atoms with van der Waals surface area (Å²) in [6, 6.07) is 7.10. The van der Waals surface area contributed by atoms with Crippen molar-refractivity contribution in [3.8, 4) is 0 Å². The van der Waals surface area contributed by atoms with E-state index in [-0.39, 0.29) is 11.9 Å². The fourth-order valence-corrected chi connectivity index (χ4v) is 3.51. The number of carbonyl (C=O) groups is 2. The highest BCUT2D eigenvalue weighted by atomic mass is 16.2.